The van der Waals surface area contributed by atoms with Crippen LogP contribution in [0.25, 0.3) is 0 Å². The summed E-state index contributed by atoms with van der Waals surface area (Å²) in [5, 5.41) is 0. The second kappa shape index (κ2) is 9.83. The third kappa shape index (κ3) is 5.76. The Morgan fingerprint density at radius 2 is 1.83 bits per heavy atom. The molecule has 4 nitrogen and oxygen atoms in total. The van der Waals surface area contributed by atoms with E-state index in [0.717, 1.165) is 56.8 Å². The number of carbonyl (C=O) groups excluding carboxylic acids is 1. The van der Waals surface area contributed by atoms with Gasteiger partial charge < -0.3 is 14.5 Å². The molecular formula is C23H28F2N2O2. The number of nitrogens with zero attached hydrogens (tertiary/aromatic N) is 2. The zero-order chi connectivity index (χ0) is 20.8. The summed E-state index contributed by atoms with van der Waals surface area (Å²) >= 11 is 0. The van der Waals surface area contributed by atoms with E-state index in [1.807, 2.05) is 12.1 Å². The maximum Gasteiger partial charge on any atom is 0.256 e. The van der Waals surface area contributed by atoms with Crippen LogP contribution in [0.3, 0.4) is 0 Å². The zero-order valence-electron chi connectivity index (χ0n) is 17.0. The van der Waals surface area contributed by atoms with Crippen LogP contribution in [-0.4, -0.2) is 56.0 Å². The maximum absolute atomic E-state index is 13.9. The fourth-order valence-corrected chi connectivity index (χ4v) is 3.81. The van der Waals surface area contributed by atoms with Gasteiger partial charge in [-0.1, -0.05) is 12.1 Å². The maximum atomic E-state index is 13.9. The first kappa shape index (κ1) is 21.2. The van der Waals surface area contributed by atoms with Crippen molar-refractivity contribution >= 4 is 5.91 Å². The van der Waals surface area contributed by atoms with Gasteiger partial charge in [0.2, 0.25) is 0 Å². The highest BCUT2D eigenvalue weighted by atomic mass is 19.1. The van der Waals surface area contributed by atoms with Crippen molar-refractivity contribution in [3.63, 3.8) is 0 Å². The summed E-state index contributed by atoms with van der Waals surface area (Å²) in [6, 6.07) is 11.2. The molecule has 1 saturated heterocycles. The van der Waals surface area contributed by atoms with Gasteiger partial charge in [0.05, 0.1) is 12.7 Å². The number of methoxy groups -OCH3 is 1. The molecule has 0 radical (unpaired) electrons. The molecule has 1 heterocycles. The normalized spacial score (nSPS) is 15.3. The lowest BCUT2D eigenvalue weighted by atomic mass is 9.95. The standard InChI is InChI=1S/C23H28F2N2O2/c1-26(23(28)21-8-5-19(24)15-22(21)25)16-18-10-13-27(14-11-18)12-9-17-3-6-20(29-2)7-4-17/h3-8,15,18H,9-14,16H2,1-2H3. The second-order valence-electron chi connectivity index (χ2n) is 7.69. The van der Waals surface area contributed by atoms with Crippen molar-refractivity contribution in [2.75, 3.05) is 40.3 Å². The average molecular weight is 402 g/mol. The van der Waals surface area contributed by atoms with Crippen LogP contribution in [0.5, 0.6) is 5.75 Å². The van der Waals surface area contributed by atoms with Crippen molar-refractivity contribution in [1.82, 2.24) is 9.80 Å². The number of carbonyl (C=O) groups is 1. The Morgan fingerprint density at radius 1 is 1.14 bits per heavy atom. The van der Waals surface area contributed by atoms with Crippen molar-refractivity contribution in [2.45, 2.75) is 19.3 Å². The molecule has 0 bridgehead atoms. The monoisotopic (exact) mass is 402 g/mol. The van der Waals surface area contributed by atoms with Gasteiger partial charge in [-0.25, -0.2) is 8.78 Å². The minimum absolute atomic E-state index is 0.0779. The number of likely N-dealkylation sites (tertiary alicyclic amines) is 1. The molecule has 1 amide bonds. The average Bonchev–Trinajstić information content (AvgIpc) is 2.73. The Labute approximate surface area is 171 Å². The Morgan fingerprint density at radius 3 is 2.45 bits per heavy atom. The molecule has 6 heteroatoms. The fourth-order valence-electron chi connectivity index (χ4n) is 3.81. The van der Waals surface area contributed by atoms with Crippen molar-refractivity contribution < 1.29 is 18.3 Å². The first-order valence-corrected chi connectivity index (χ1v) is 10.0. The lowest BCUT2D eigenvalue weighted by Gasteiger charge is -2.34. The molecule has 1 aliphatic heterocycles. The van der Waals surface area contributed by atoms with E-state index in [4.69, 9.17) is 4.74 Å². The van der Waals surface area contributed by atoms with E-state index in [2.05, 4.69) is 17.0 Å². The predicted octanol–water partition coefficient (Wildman–Crippen LogP) is 4.00. The van der Waals surface area contributed by atoms with Crippen LogP contribution in [0.4, 0.5) is 8.78 Å². The van der Waals surface area contributed by atoms with E-state index in [1.54, 1.807) is 19.1 Å². The minimum Gasteiger partial charge on any atom is -0.497 e. The summed E-state index contributed by atoms with van der Waals surface area (Å²) in [6.45, 7) is 3.58. The largest absolute Gasteiger partial charge is 0.497 e. The number of hydrogen-bond donors (Lipinski definition) is 0. The molecule has 2 aromatic carbocycles. The molecule has 0 N–H and O–H groups in total. The predicted molar refractivity (Wildman–Crippen MR) is 109 cm³/mol. The van der Waals surface area contributed by atoms with Gasteiger partial charge >= 0.3 is 0 Å². The minimum atomic E-state index is -0.810. The van der Waals surface area contributed by atoms with Gasteiger partial charge in [-0.15, -0.1) is 0 Å². The van der Waals surface area contributed by atoms with Gasteiger partial charge in [-0.2, -0.15) is 0 Å². The van der Waals surface area contributed by atoms with E-state index in [1.165, 1.54) is 11.6 Å². The molecule has 0 aliphatic carbocycles. The van der Waals surface area contributed by atoms with Gasteiger partial charge in [-0.3, -0.25) is 4.79 Å². The fraction of sp³-hybridized carbons (Fsp3) is 0.435. The summed E-state index contributed by atoms with van der Waals surface area (Å²) in [6.07, 6.45) is 3.01. The summed E-state index contributed by atoms with van der Waals surface area (Å²) in [5.74, 6) is -0.623. The van der Waals surface area contributed by atoms with Crippen LogP contribution in [-0.2, 0) is 6.42 Å². The van der Waals surface area contributed by atoms with Gasteiger partial charge in [0, 0.05) is 26.2 Å². The van der Waals surface area contributed by atoms with Gasteiger partial charge in [0.1, 0.15) is 17.4 Å². The van der Waals surface area contributed by atoms with E-state index in [0.29, 0.717) is 12.5 Å². The van der Waals surface area contributed by atoms with Crippen molar-refractivity contribution in [1.29, 1.82) is 0 Å². The summed E-state index contributed by atoms with van der Waals surface area (Å²) < 4.78 is 32.1. The quantitative estimate of drug-likeness (QED) is 0.702. The first-order valence-electron chi connectivity index (χ1n) is 10.0. The summed E-state index contributed by atoms with van der Waals surface area (Å²) in [4.78, 5) is 16.5. The molecule has 0 aromatic heterocycles. The number of benzene rings is 2. The lowest BCUT2D eigenvalue weighted by molar-refractivity contribution is 0.0735. The van der Waals surface area contributed by atoms with E-state index in [9.17, 15) is 13.6 Å². The Balaban J connectivity index is 1.43. The highest BCUT2D eigenvalue weighted by Gasteiger charge is 2.23. The Bertz CT molecular complexity index is 818. The third-order valence-corrected chi connectivity index (χ3v) is 5.62. The van der Waals surface area contributed by atoms with Crippen LogP contribution in [0, 0.1) is 17.6 Å². The summed E-state index contributed by atoms with van der Waals surface area (Å²) in [5.41, 5.74) is 1.21. The molecule has 0 saturated carbocycles. The second-order valence-corrected chi connectivity index (χ2v) is 7.69. The van der Waals surface area contributed by atoms with Crippen LogP contribution in [0.1, 0.15) is 28.8 Å². The molecule has 1 aliphatic rings. The van der Waals surface area contributed by atoms with Gasteiger partial charge in [-0.05, 0) is 68.1 Å². The van der Waals surface area contributed by atoms with Crippen molar-refractivity contribution in [3.05, 3.63) is 65.2 Å². The summed E-state index contributed by atoms with van der Waals surface area (Å²) in [7, 11) is 3.35. The highest BCUT2D eigenvalue weighted by Crippen LogP contribution is 2.20. The number of amides is 1. The SMILES string of the molecule is COc1ccc(CCN2CCC(CN(C)C(=O)c3ccc(F)cc3F)CC2)cc1. The molecule has 2 aromatic rings. The topological polar surface area (TPSA) is 32.8 Å². The zero-order valence-corrected chi connectivity index (χ0v) is 17.0. The molecule has 29 heavy (non-hydrogen) atoms. The number of ether oxygens (including phenoxy) is 1. The lowest BCUT2D eigenvalue weighted by Crippen LogP contribution is -2.40. The molecule has 156 valence electrons. The van der Waals surface area contributed by atoms with E-state index < -0.39 is 17.5 Å². The van der Waals surface area contributed by atoms with Crippen LogP contribution >= 0.6 is 0 Å². The van der Waals surface area contributed by atoms with Crippen molar-refractivity contribution in [2.24, 2.45) is 5.92 Å². The number of hydrogen-bond acceptors (Lipinski definition) is 3. The first-order chi connectivity index (χ1) is 14.0. The molecule has 1 fully saturated rings. The number of halogens is 2. The van der Waals surface area contributed by atoms with Crippen LogP contribution in [0.15, 0.2) is 42.5 Å². The Kier molecular flexibility index (Phi) is 7.20. The van der Waals surface area contributed by atoms with Crippen LogP contribution < -0.4 is 4.74 Å². The highest BCUT2D eigenvalue weighted by molar-refractivity contribution is 5.94. The van der Waals surface area contributed by atoms with E-state index >= 15 is 0 Å². The molecular weight excluding hydrogens is 374 g/mol. The van der Waals surface area contributed by atoms with E-state index in [-0.39, 0.29) is 5.56 Å². The van der Waals surface area contributed by atoms with Crippen molar-refractivity contribution in [3.8, 4) is 5.75 Å². The smallest absolute Gasteiger partial charge is 0.256 e. The third-order valence-electron chi connectivity index (χ3n) is 5.62. The van der Waals surface area contributed by atoms with Crippen LogP contribution in [0.2, 0.25) is 0 Å². The Hall–Kier alpha value is -2.47. The molecule has 0 atom stereocenters. The molecule has 0 spiro atoms. The molecule has 0 unspecified atom stereocenters. The van der Waals surface area contributed by atoms with Gasteiger partial charge in [0.15, 0.2) is 0 Å². The molecule has 3 rings (SSSR count). The number of piperidine rings is 1. The number of rotatable bonds is 7. The van der Waals surface area contributed by atoms with Gasteiger partial charge in [0.25, 0.3) is 5.91 Å².